The number of rotatable bonds is 5. The van der Waals surface area contributed by atoms with Gasteiger partial charge in [0, 0.05) is 25.4 Å². The molecule has 6 nitrogen and oxygen atoms in total. The van der Waals surface area contributed by atoms with Crippen LogP contribution in [0.2, 0.25) is 0 Å². The minimum atomic E-state index is -0.246. The second kappa shape index (κ2) is 6.49. The van der Waals surface area contributed by atoms with Crippen LogP contribution in [0.5, 0.6) is 0 Å². The lowest BCUT2D eigenvalue weighted by Gasteiger charge is -2.15. The van der Waals surface area contributed by atoms with E-state index in [9.17, 15) is 9.59 Å². The Morgan fingerprint density at radius 1 is 1.43 bits per heavy atom. The van der Waals surface area contributed by atoms with E-state index in [1.807, 2.05) is 31.0 Å². The smallest absolute Gasteiger partial charge is 0.306 e. The second-order valence-electron chi connectivity index (χ2n) is 5.08. The maximum atomic E-state index is 12.0. The van der Waals surface area contributed by atoms with Crippen LogP contribution < -0.4 is 5.56 Å². The van der Waals surface area contributed by atoms with Crippen molar-refractivity contribution in [3.63, 3.8) is 0 Å². The van der Waals surface area contributed by atoms with Crippen LogP contribution in [0, 0.1) is 6.92 Å². The molecule has 0 radical (unpaired) electrons. The number of nitrogens with zero attached hydrogens (tertiary/aromatic N) is 3. The van der Waals surface area contributed by atoms with Crippen molar-refractivity contribution in [2.75, 3.05) is 20.7 Å². The number of fused-ring (bicyclic) bond motifs is 1. The Kier molecular flexibility index (Phi) is 4.70. The van der Waals surface area contributed by atoms with Crippen molar-refractivity contribution < 1.29 is 9.53 Å². The molecule has 0 N–H and O–H groups in total. The van der Waals surface area contributed by atoms with Crippen LogP contribution in [0.4, 0.5) is 0 Å². The van der Waals surface area contributed by atoms with Crippen molar-refractivity contribution in [3.8, 4) is 0 Å². The molecule has 0 saturated carbocycles. The quantitative estimate of drug-likeness (QED) is 0.768. The van der Waals surface area contributed by atoms with Gasteiger partial charge in [-0.05, 0) is 31.7 Å². The summed E-state index contributed by atoms with van der Waals surface area (Å²) in [6.45, 7) is 3.03. The number of ether oxygens (including phenoxy) is 1. The molecule has 0 aliphatic rings. The average molecular weight is 289 g/mol. The van der Waals surface area contributed by atoms with Gasteiger partial charge >= 0.3 is 5.97 Å². The number of aryl methyl sites for hydroxylation is 1. The number of hydrogen-bond donors (Lipinski definition) is 0. The van der Waals surface area contributed by atoms with Gasteiger partial charge in [0.1, 0.15) is 5.65 Å². The molecule has 0 bridgehead atoms. The Labute approximate surface area is 123 Å². The van der Waals surface area contributed by atoms with Gasteiger partial charge in [0.2, 0.25) is 0 Å². The number of pyridine rings is 1. The lowest BCUT2D eigenvalue weighted by molar-refractivity contribution is -0.140. The Morgan fingerprint density at radius 3 is 2.90 bits per heavy atom. The summed E-state index contributed by atoms with van der Waals surface area (Å²) in [7, 11) is 3.25. The molecule has 6 heteroatoms. The normalized spacial score (nSPS) is 11.0. The third-order valence-corrected chi connectivity index (χ3v) is 3.23. The molecule has 2 aromatic rings. The molecule has 112 valence electrons. The Balaban J connectivity index is 2.15. The first kappa shape index (κ1) is 15.2. The van der Waals surface area contributed by atoms with Crippen molar-refractivity contribution in [3.05, 3.63) is 46.0 Å². The van der Waals surface area contributed by atoms with Gasteiger partial charge in [-0.2, -0.15) is 0 Å². The minimum absolute atomic E-state index is 0.101. The molecule has 2 rings (SSSR count). The molecule has 0 unspecified atom stereocenters. The lowest BCUT2D eigenvalue weighted by atomic mass is 10.3. The minimum Gasteiger partial charge on any atom is -0.469 e. The summed E-state index contributed by atoms with van der Waals surface area (Å²) < 4.78 is 6.13. The van der Waals surface area contributed by atoms with Crippen LogP contribution >= 0.6 is 0 Å². The van der Waals surface area contributed by atoms with Crippen molar-refractivity contribution in [2.24, 2.45) is 0 Å². The van der Waals surface area contributed by atoms with E-state index in [-0.39, 0.29) is 11.5 Å². The van der Waals surface area contributed by atoms with E-state index in [4.69, 9.17) is 0 Å². The van der Waals surface area contributed by atoms with Gasteiger partial charge in [-0.3, -0.25) is 18.9 Å². The van der Waals surface area contributed by atoms with E-state index in [2.05, 4.69) is 9.72 Å². The van der Waals surface area contributed by atoms with Gasteiger partial charge in [-0.1, -0.05) is 0 Å². The van der Waals surface area contributed by atoms with Crippen molar-refractivity contribution >= 4 is 11.6 Å². The third kappa shape index (κ3) is 3.88. The van der Waals surface area contributed by atoms with Gasteiger partial charge in [-0.25, -0.2) is 4.98 Å². The molecule has 0 spiro atoms. The number of aromatic nitrogens is 2. The summed E-state index contributed by atoms with van der Waals surface area (Å²) in [5.41, 5.74) is 2.28. The Morgan fingerprint density at radius 2 is 2.19 bits per heavy atom. The first-order chi connectivity index (χ1) is 9.99. The molecule has 21 heavy (non-hydrogen) atoms. The maximum absolute atomic E-state index is 12.0. The van der Waals surface area contributed by atoms with Gasteiger partial charge in [-0.15, -0.1) is 0 Å². The number of carbonyl (C=O) groups is 1. The number of methoxy groups -OCH3 is 1. The molecule has 0 fully saturated rings. The monoisotopic (exact) mass is 289 g/mol. The fraction of sp³-hybridized carbons (Fsp3) is 0.400. The van der Waals surface area contributed by atoms with E-state index in [1.54, 1.807) is 6.20 Å². The van der Waals surface area contributed by atoms with E-state index in [1.165, 1.54) is 17.6 Å². The number of hydrogen-bond acceptors (Lipinski definition) is 5. The zero-order valence-electron chi connectivity index (χ0n) is 12.5. The zero-order chi connectivity index (χ0) is 15.4. The summed E-state index contributed by atoms with van der Waals surface area (Å²) >= 11 is 0. The van der Waals surface area contributed by atoms with Gasteiger partial charge in [0.25, 0.3) is 5.56 Å². The highest BCUT2D eigenvalue weighted by Gasteiger charge is 2.08. The Hall–Kier alpha value is -2.21. The van der Waals surface area contributed by atoms with E-state index in [0.29, 0.717) is 30.9 Å². The summed E-state index contributed by atoms with van der Waals surface area (Å²) in [6.07, 6.45) is 2.05. The molecule has 0 amide bonds. The molecule has 0 atom stereocenters. The van der Waals surface area contributed by atoms with E-state index in [0.717, 1.165) is 5.56 Å². The SMILES string of the molecule is COC(=O)CCN(C)Cc1cc(=O)n2ccc(C)cc2n1. The maximum Gasteiger partial charge on any atom is 0.306 e. The van der Waals surface area contributed by atoms with Gasteiger partial charge in [0.15, 0.2) is 0 Å². The summed E-state index contributed by atoms with van der Waals surface area (Å²) in [6, 6.07) is 5.27. The third-order valence-electron chi connectivity index (χ3n) is 3.23. The van der Waals surface area contributed by atoms with Crippen molar-refractivity contribution in [2.45, 2.75) is 19.9 Å². The van der Waals surface area contributed by atoms with Crippen molar-refractivity contribution in [1.29, 1.82) is 0 Å². The summed E-state index contributed by atoms with van der Waals surface area (Å²) in [5, 5.41) is 0. The van der Waals surface area contributed by atoms with Crippen molar-refractivity contribution in [1.82, 2.24) is 14.3 Å². The second-order valence-corrected chi connectivity index (χ2v) is 5.08. The molecule has 0 saturated heterocycles. The van der Waals surface area contributed by atoms with Crippen LogP contribution in [0.25, 0.3) is 5.65 Å². The standard InChI is InChI=1S/C15H19N3O3/c1-11-4-7-18-13(8-11)16-12(9-14(18)19)10-17(2)6-5-15(20)21-3/h4,7-9H,5-6,10H2,1-3H3. The van der Waals surface area contributed by atoms with E-state index < -0.39 is 0 Å². The van der Waals surface area contributed by atoms with Crippen LogP contribution in [0.3, 0.4) is 0 Å². The summed E-state index contributed by atoms with van der Waals surface area (Å²) in [4.78, 5) is 29.6. The highest BCUT2D eigenvalue weighted by molar-refractivity contribution is 5.69. The molecule has 0 aliphatic heterocycles. The molecular formula is C15H19N3O3. The van der Waals surface area contributed by atoms with Gasteiger partial charge < -0.3 is 4.74 Å². The van der Waals surface area contributed by atoms with Gasteiger partial charge in [0.05, 0.1) is 19.2 Å². The molecular weight excluding hydrogens is 270 g/mol. The highest BCUT2D eigenvalue weighted by atomic mass is 16.5. The van der Waals surface area contributed by atoms with Crippen LogP contribution in [0.1, 0.15) is 17.7 Å². The molecule has 2 heterocycles. The lowest BCUT2D eigenvalue weighted by Crippen LogP contribution is -2.24. The molecule has 0 aromatic carbocycles. The number of carbonyl (C=O) groups excluding carboxylic acids is 1. The molecule has 2 aromatic heterocycles. The highest BCUT2D eigenvalue weighted by Crippen LogP contribution is 2.05. The predicted octanol–water partition coefficient (Wildman–Crippen LogP) is 0.998. The van der Waals surface area contributed by atoms with Crippen LogP contribution in [0.15, 0.2) is 29.2 Å². The average Bonchev–Trinajstić information content (AvgIpc) is 2.44. The van der Waals surface area contributed by atoms with Crippen LogP contribution in [-0.4, -0.2) is 41.0 Å². The fourth-order valence-electron chi connectivity index (χ4n) is 2.07. The van der Waals surface area contributed by atoms with E-state index >= 15 is 0 Å². The molecule has 0 aliphatic carbocycles. The topological polar surface area (TPSA) is 63.9 Å². The summed E-state index contributed by atoms with van der Waals surface area (Å²) in [5.74, 6) is -0.246. The zero-order valence-corrected chi connectivity index (χ0v) is 12.5. The predicted molar refractivity (Wildman–Crippen MR) is 79.2 cm³/mol. The fourth-order valence-corrected chi connectivity index (χ4v) is 2.07. The van der Waals surface area contributed by atoms with Crippen LogP contribution in [-0.2, 0) is 16.1 Å². The Bertz CT molecular complexity index is 709. The largest absolute Gasteiger partial charge is 0.469 e. The number of esters is 1. The first-order valence-corrected chi connectivity index (χ1v) is 6.74. The first-order valence-electron chi connectivity index (χ1n) is 6.74.